The minimum absolute atomic E-state index is 0.0732. The van der Waals surface area contributed by atoms with Crippen LogP contribution in [0.5, 0.6) is 5.75 Å². The molecule has 0 radical (unpaired) electrons. The number of aryl methyl sites for hydroxylation is 1. The standard InChI is InChI=1S/C20H17BrN4O3S/c1-3-11-28-18-10-9-15(21)12-17(18)19(13-24(26)27)29-20-23-22-14(2)25(20)16-7-5-4-6-8-16/h1,4-10,12,19H,11,13H2,2H3/t19-/m1/s1. The summed E-state index contributed by atoms with van der Waals surface area (Å²) < 4.78 is 8.29. The van der Waals surface area contributed by atoms with Crippen LogP contribution in [0.4, 0.5) is 0 Å². The molecule has 0 spiro atoms. The zero-order chi connectivity index (χ0) is 20.8. The van der Waals surface area contributed by atoms with E-state index < -0.39 is 5.25 Å². The third-order valence-electron chi connectivity index (χ3n) is 4.00. The first kappa shape index (κ1) is 20.9. The molecule has 0 aliphatic carbocycles. The van der Waals surface area contributed by atoms with Gasteiger partial charge in [0.05, 0.1) is 0 Å². The molecule has 0 N–H and O–H groups in total. The number of nitro groups is 1. The quantitative estimate of drug-likeness (QED) is 0.208. The van der Waals surface area contributed by atoms with Crippen molar-refractivity contribution in [1.82, 2.24) is 14.8 Å². The third-order valence-corrected chi connectivity index (χ3v) is 5.66. The van der Waals surface area contributed by atoms with E-state index in [2.05, 4.69) is 32.0 Å². The normalized spacial score (nSPS) is 11.6. The van der Waals surface area contributed by atoms with Gasteiger partial charge in [0.25, 0.3) is 0 Å². The highest BCUT2D eigenvalue weighted by molar-refractivity contribution is 9.10. The Hall–Kier alpha value is -2.83. The number of para-hydroxylation sites is 1. The lowest BCUT2D eigenvalue weighted by Crippen LogP contribution is -2.12. The monoisotopic (exact) mass is 472 g/mol. The first-order valence-electron chi connectivity index (χ1n) is 8.61. The topological polar surface area (TPSA) is 83.1 Å². The second-order valence-electron chi connectivity index (χ2n) is 6.00. The summed E-state index contributed by atoms with van der Waals surface area (Å²) in [5, 5.41) is 19.8. The highest BCUT2D eigenvalue weighted by atomic mass is 79.9. The largest absolute Gasteiger partial charge is 0.481 e. The molecule has 0 unspecified atom stereocenters. The first-order valence-corrected chi connectivity index (χ1v) is 10.3. The lowest BCUT2D eigenvalue weighted by atomic mass is 10.1. The maximum atomic E-state index is 11.4. The first-order chi connectivity index (χ1) is 14.0. The predicted octanol–water partition coefficient (Wildman–Crippen LogP) is 4.46. The summed E-state index contributed by atoms with van der Waals surface area (Å²) in [7, 11) is 0. The summed E-state index contributed by atoms with van der Waals surface area (Å²) in [6, 6.07) is 15.0. The van der Waals surface area contributed by atoms with Gasteiger partial charge in [0.1, 0.15) is 23.4 Å². The van der Waals surface area contributed by atoms with Crippen LogP contribution in [0.25, 0.3) is 5.69 Å². The SMILES string of the molecule is C#CCOc1ccc(Br)cc1[C@@H](C[N+](=O)[O-])Sc1nnc(C)n1-c1ccccc1. The van der Waals surface area contributed by atoms with Gasteiger partial charge < -0.3 is 4.74 Å². The fourth-order valence-electron chi connectivity index (χ4n) is 2.78. The Balaban J connectivity index is 2.02. The van der Waals surface area contributed by atoms with Crippen LogP contribution in [0.1, 0.15) is 16.6 Å². The number of ether oxygens (including phenoxy) is 1. The molecule has 0 saturated carbocycles. The molecule has 9 heteroatoms. The molecule has 0 saturated heterocycles. The smallest absolute Gasteiger partial charge is 0.220 e. The summed E-state index contributed by atoms with van der Waals surface area (Å²) in [5.74, 6) is 3.62. The highest BCUT2D eigenvalue weighted by Crippen LogP contribution is 2.41. The molecule has 7 nitrogen and oxygen atoms in total. The van der Waals surface area contributed by atoms with E-state index in [-0.39, 0.29) is 18.1 Å². The van der Waals surface area contributed by atoms with Crippen molar-refractivity contribution in [2.75, 3.05) is 13.2 Å². The molecule has 3 rings (SSSR count). The summed E-state index contributed by atoms with van der Waals surface area (Å²) in [6.45, 7) is 1.60. The van der Waals surface area contributed by atoms with Gasteiger partial charge in [0.15, 0.2) is 5.16 Å². The number of halogens is 1. The summed E-state index contributed by atoms with van der Waals surface area (Å²) in [6.07, 6.45) is 5.30. The van der Waals surface area contributed by atoms with E-state index >= 15 is 0 Å². The molecule has 0 aliphatic rings. The number of benzene rings is 2. The van der Waals surface area contributed by atoms with E-state index in [0.717, 1.165) is 10.2 Å². The van der Waals surface area contributed by atoms with E-state index in [1.165, 1.54) is 11.8 Å². The number of hydrogen-bond acceptors (Lipinski definition) is 6. The average molecular weight is 473 g/mol. The van der Waals surface area contributed by atoms with E-state index in [0.29, 0.717) is 22.3 Å². The van der Waals surface area contributed by atoms with Crippen molar-refractivity contribution in [1.29, 1.82) is 0 Å². The molecular formula is C20H17BrN4O3S. The summed E-state index contributed by atoms with van der Waals surface area (Å²) in [4.78, 5) is 11.1. The van der Waals surface area contributed by atoms with Crippen molar-refractivity contribution >= 4 is 27.7 Å². The summed E-state index contributed by atoms with van der Waals surface area (Å²) >= 11 is 4.70. The Labute approximate surface area is 180 Å². The van der Waals surface area contributed by atoms with E-state index in [1.807, 2.05) is 47.9 Å². The van der Waals surface area contributed by atoms with Gasteiger partial charge in [-0.25, -0.2) is 0 Å². The van der Waals surface area contributed by atoms with Crippen LogP contribution in [-0.4, -0.2) is 32.8 Å². The van der Waals surface area contributed by atoms with Crippen LogP contribution in [0, 0.1) is 29.4 Å². The maximum Gasteiger partial charge on any atom is 0.220 e. The van der Waals surface area contributed by atoms with E-state index in [9.17, 15) is 10.1 Å². The van der Waals surface area contributed by atoms with Gasteiger partial charge in [-0.15, -0.1) is 16.6 Å². The zero-order valence-corrected chi connectivity index (χ0v) is 17.9. The number of rotatable bonds is 8. The molecule has 1 atom stereocenters. The molecule has 3 aromatic rings. The van der Waals surface area contributed by atoms with Crippen molar-refractivity contribution in [2.24, 2.45) is 0 Å². The Kier molecular flexibility index (Phi) is 6.90. The lowest BCUT2D eigenvalue weighted by Gasteiger charge is -2.17. The Morgan fingerprint density at radius 1 is 1.31 bits per heavy atom. The van der Waals surface area contributed by atoms with Crippen molar-refractivity contribution in [2.45, 2.75) is 17.3 Å². The van der Waals surface area contributed by atoms with Gasteiger partial charge in [0, 0.05) is 20.6 Å². The molecule has 0 fully saturated rings. The molecular weight excluding hydrogens is 456 g/mol. The number of hydrogen-bond donors (Lipinski definition) is 0. The number of aromatic nitrogens is 3. The van der Waals surface area contributed by atoms with Gasteiger partial charge in [-0.3, -0.25) is 14.7 Å². The minimum atomic E-state index is -0.554. The third kappa shape index (κ3) is 5.16. The van der Waals surface area contributed by atoms with Crippen molar-refractivity contribution in [3.05, 3.63) is 74.5 Å². The Morgan fingerprint density at radius 3 is 2.76 bits per heavy atom. The van der Waals surface area contributed by atoms with Gasteiger partial charge in [0.2, 0.25) is 6.54 Å². The van der Waals surface area contributed by atoms with Gasteiger partial charge in [-0.05, 0) is 37.3 Å². The molecule has 148 valence electrons. The van der Waals surface area contributed by atoms with Gasteiger partial charge in [-0.1, -0.05) is 51.8 Å². The van der Waals surface area contributed by atoms with Gasteiger partial charge in [-0.2, -0.15) is 0 Å². The van der Waals surface area contributed by atoms with E-state index in [1.54, 1.807) is 12.1 Å². The molecule has 0 amide bonds. The lowest BCUT2D eigenvalue weighted by molar-refractivity contribution is -0.479. The van der Waals surface area contributed by atoms with E-state index in [4.69, 9.17) is 11.2 Å². The second kappa shape index (κ2) is 9.58. The predicted molar refractivity (Wildman–Crippen MR) is 115 cm³/mol. The van der Waals surface area contributed by atoms with Crippen molar-refractivity contribution in [3.63, 3.8) is 0 Å². The van der Waals surface area contributed by atoms with Crippen LogP contribution >= 0.6 is 27.7 Å². The molecule has 1 aromatic heterocycles. The average Bonchev–Trinajstić information content (AvgIpc) is 3.07. The van der Waals surface area contributed by atoms with Crippen molar-refractivity contribution < 1.29 is 9.66 Å². The minimum Gasteiger partial charge on any atom is -0.481 e. The van der Waals surface area contributed by atoms with Crippen LogP contribution < -0.4 is 4.74 Å². The number of nitrogens with zero attached hydrogens (tertiary/aromatic N) is 4. The maximum absolute atomic E-state index is 11.4. The molecule has 0 aliphatic heterocycles. The van der Waals surface area contributed by atoms with Crippen LogP contribution in [0.15, 0.2) is 58.2 Å². The second-order valence-corrected chi connectivity index (χ2v) is 8.08. The van der Waals surface area contributed by atoms with Crippen LogP contribution in [0.2, 0.25) is 0 Å². The Morgan fingerprint density at radius 2 is 2.07 bits per heavy atom. The van der Waals surface area contributed by atoms with Crippen LogP contribution in [0.3, 0.4) is 0 Å². The van der Waals surface area contributed by atoms with Crippen LogP contribution in [-0.2, 0) is 0 Å². The molecule has 1 heterocycles. The fraction of sp³-hybridized carbons (Fsp3) is 0.200. The Bertz CT molecular complexity index is 1050. The number of thioether (sulfide) groups is 1. The summed E-state index contributed by atoms with van der Waals surface area (Å²) in [5.41, 5.74) is 1.55. The highest BCUT2D eigenvalue weighted by Gasteiger charge is 2.26. The fourth-order valence-corrected chi connectivity index (χ4v) is 4.35. The van der Waals surface area contributed by atoms with Gasteiger partial charge >= 0.3 is 0 Å². The molecule has 29 heavy (non-hydrogen) atoms. The zero-order valence-electron chi connectivity index (χ0n) is 15.5. The number of terminal acetylenes is 1. The molecule has 2 aromatic carbocycles. The van der Waals surface area contributed by atoms with Crippen molar-refractivity contribution in [3.8, 4) is 23.8 Å². The molecule has 0 bridgehead atoms.